The number of rotatable bonds is 11. The zero-order chi connectivity index (χ0) is 14.7. The van der Waals surface area contributed by atoms with Gasteiger partial charge in [-0.25, -0.2) is 0 Å². The molecule has 0 aromatic rings. The van der Waals surface area contributed by atoms with Crippen molar-refractivity contribution in [3.63, 3.8) is 0 Å². The molecule has 0 aliphatic carbocycles. The first-order valence-electron chi connectivity index (χ1n) is 8.07. The van der Waals surface area contributed by atoms with Crippen LogP contribution in [0.15, 0.2) is 0 Å². The van der Waals surface area contributed by atoms with Crippen molar-refractivity contribution in [3.8, 4) is 0 Å². The molecule has 3 N–H and O–H groups in total. The van der Waals surface area contributed by atoms with Crippen molar-refractivity contribution < 1.29 is 4.79 Å². The number of unbranched alkanes of at least 4 members (excludes halogenated alkanes) is 1. The molecule has 0 spiro atoms. The van der Waals surface area contributed by atoms with Crippen molar-refractivity contribution in [1.82, 2.24) is 5.32 Å². The third-order valence-corrected chi connectivity index (χ3v) is 3.63. The van der Waals surface area contributed by atoms with Crippen molar-refractivity contribution in [2.75, 3.05) is 0 Å². The van der Waals surface area contributed by atoms with E-state index in [-0.39, 0.29) is 17.9 Å². The van der Waals surface area contributed by atoms with Crippen molar-refractivity contribution in [1.29, 1.82) is 0 Å². The molecule has 0 heterocycles. The van der Waals surface area contributed by atoms with Gasteiger partial charge in [0.25, 0.3) is 0 Å². The number of carbonyl (C=O) groups is 1. The lowest BCUT2D eigenvalue weighted by Gasteiger charge is -2.20. The van der Waals surface area contributed by atoms with Crippen LogP contribution in [0, 0.1) is 5.92 Å². The van der Waals surface area contributed by atoms with E-state index in [1.54, 1.807) is 0 Å². The number of nitrogens with one attached hydrogen (secondary N) is 1. The summed E-state index contributed by atoms with van der Waals surface area (Å²) < 4.78 is 0. The van der Waals surface area contributed by atoms with E-state index in [1.165, 1.54) is 12.8 Å². The van der Waals surface area contributed by atoms with Gasteiger partial charge in [-0.15, -0.1) is 0 Å². The summed E-state index contributed by atoms with van der Waals surface area (Å²) in [7, 11) is 0. The highest BCUT2D eigenvalue weighted by molar-refractivity contribution is 5.78. The van der Waals surface area contributed by atoms with Gasteiger partial charge in [-0.2, -0.15) is 0 Å². The highest BCUT2D eigenvalue weighted by atomic mass is 16.1. The van der Waals surface area contributed by atoms with Gasteiger partial charge in [0.1, 0.15) is 0 Å². The molecule has 0 aromatic carbocycles. The van der Waals surface area contributed by atoms with Gasteiger partial charge in [0, 0.05) is 18.0 Å². The fourth-order valence-electron chi connectivity index (χ4n) is 2.31. The molecule has 0 bridgehead atoms. The summed E-state index contributed by atoms with van der Waals surface area (Å²) in [6.45, 7) is 8.42. The van der Waals surface area contributed by atoms with Crippen LogP contribution >= 0.6 is 0 Å². The minimum atomic E-state index is 0.111. The topological polar surface area (TPSA) is 55.1 Å². The first kappa shape index (κ1) is 18.4. The van der Waals surface area contributed by atoms with E-state index in [2.05, 4.69) is 19.2 Å². The number of hydrogen-bond acceptors (Lipinski definition) is 2. The molecular formula is C16H34N2O. The highest BCUT2D eigenvalue weighted by Crippen LogP contribution is 2.12. The highest BCUT2D eigenvalue weighted by Gasteiger charge is 2.16. The Kier molecular flexibility index (Phi) is 10.9. The Morgan fingerprint density at radius 3 is 2.21 bits per heavy atom. The molecule has 0 aromatic heterocycles. The average Bonchev–Trinajstić information content (AvgIpc) is 2.35. The van der Waals surface area contributed by atoms with Crippen LogP contribution in [0.2, 0.25) is 0 Å². The van der Waals surface area contributed by atoms with Gasteiger partial charge >= 0.3 is 0 Å². The summed E-state index contributed by atoms with van der Waals surface area (Å²) in [6.07, 6.45) is 8.73. The molecule has 0 radical (unpaired) electrons. The van der Waals surface area contributed by atoms with E-state index in [4.69, 9.17) is 5.73 Å². The summed E-state index contributed by atoms with van der Waals surface area (Å²) in [5, 5.41) is 3.22. The van der Waals surface area contributed by atoms with Crippen LogP contribution in [0.4, 0.5) is 0 Å². The number of carbonyl (C=O) groups excluding carboxylic acids is 1. The monoisotopic (exact) mass is 270 g/mol. The number of nitrogens with two attached hydrogens (primary N) is 1. The van der Waals surface area contributed by atoms with Gasteiger partial charge in [0.05, 0.1) is 0 Å². The molecule has 0 saturated heterocycles. The molecule has 0 fully saturated rings. The Labute approximate surface area is 119 Å². The second-order valence-corrected chi connectivity index (χ2v) is 5.95. The molecule has 3 heteroatoms. The molecular weight excluding hydrogens is 236 g/mol. The van der Waals surface area contributed by atoms with Crippen LogP contribution in [-0.4, -0.2) is 18.0 Å². The van der Waals surface area contributed by atoms with Gasteiger partial charge in [0.2, 0.25) is 5.91 Å². The molecule has 3 nitrogen and oxygen atoms in total. The standard InChI is InChI=1S/C16H34N2O/c1-5-7-12-15(9-6-2)18-16(19)13(3)10-8-11-14(4)17/h13-15H,5-12,17H2,1-4H3,(H,18,19). The molecule has 3 atom stereocenters. The fourth-order valence-corrected chi connectivity index (χ4v) is 2.31. The first-order chi connectivity index (χ1) is 9.01. The predicted molar refractivity (Wildman–Crippen MR) is 83.0 cm³/mol. The molecule has 19 heavy (non-hydrogen) atoms. The van der Waals surface area contributed by atoms with Crippen molar-refractivity contribution >= 4 is 5.91 Å². The van der Waals surface area contributed by atoms with Gasteiger partial charge in [-0.1, -0.05) is 46.5 Å². The minimum Gasteiger partial charge on any atom is -0.353 e. The molecule has 0 rings (SSSR count). The molecule has 114 valence electrons. The number of amides is 1. The summed E-state index contributed by atoms with van der Waals surface area (Å²) in [5.74, 6) is 0.332. The van der Waals surface area contributed by atoms with E-state index >= 15 is 0 Å². The summed E-state index contributed by atoms with van der Waals surface area (Å²) in [6, 6.07) is 0.612. The third-order valence-electron chi connectivity index (χ3n) is 3.63. The maximum absolute atomic E-state index is 12.1. The van der Waals surface area contributed by atoms with Crippen molar-refractivity contribution in [2.45, 2.75) is 91.1 Å². The average molecular weight is 270 g/mol. The maximum Gasteiger partial charge on any atom is 0.223 e. The zero-order valence-corrected chi connectivity index (χ0v) is 13.4. The van der Waals surface area contributed by atoms with E-state index < -0.39 is 0 Å². The molecule has 1 amide bonds. The SMILES string of the molecule is CCCCC(CCC)NC(=O)C(C)CCCC(C)N. The lowest BCUT2D eigenvalue weighted by Crippen LogP contribution is -2.38. The van der Waals surface area contributed by atoms with Crippen molar-refractivity contribution in [2.24, 2.45) is 11.7 Å². The lowest BCUT2D eigenvalue weighted by atomic mass is 9.99. The van der Waals surface area contributed by atoms with E-state index in [0.717, 1.165) is 38.5 Å². The third kappa shape index (κ3) is 9.94. The quantitative estimate of drug-likeness (QED) is 0.602. The Morgan fingerprint density at radius 1 is 1.00 bits per heavy atom. The Bertz CT molecular complexity index is 229. The van der Waals surface area contributed by atoms with Crippen LogP contribution in [0.5, 0.6) is 0 Å². The summed E-state index contributed by atoms with van der Waals surface area (Å²) in [4.78, 5) is 12.1. The largest absolute Gasteiger partial charge is 0.353 e. The van der Waals surface area contributed by atoms with Crippen LogP contribution in [0.3, 0.4) is 0 Å². The van der Waals surface area contributed by atoms with Crippen LogP contribution in [0.1, 0.15) is 79.1 Å². The smallest absolute Gasteiger partial charge is 0.223 e. The summed E-state index contributed by atoms with van der Waals surface area (Å²) >= 11 is 0. The van der Waals surface area contributed by atoms with E-state index in [9.17, 15) is 4.79 Å². The second kappa shape index (κ2) is 11.3. The molecule has 0 aliphatic rings. The van der Waals surface area contributed by atoms with Crippen LogP contribution in [-0.2, 0) is 4.79 Å². The maximum atomic E-state index is 12.1. The van der Waals surface area contributed by atoms with Crippen LogP contribution < -0.4 is 11.1 Å². The van der Waals surface area contributed by atoms with Gasteiger partial charge in [-0.3, -0.25) is 4.79 Å². The van der Waals surface area contributed by atoms with E-state index in [1.807, 2.05) is 13.8 Å². The molecule has 0 saturated carbocycles. The Balaban J connectivity index is 4.00. The lowest BCUT2D eigenvalue weighted by molar-refractivity contribution is -0.125. The predicted octanol–water partition coefficient (Wildman–Crippen LogP) is 3.62. The normalized spacial score (nSPS) is 15.8. The zero-order valence-electron chi connectivity index (χ0n) is 13.4. The van der Waals surface area contributed by atoms with Crippen molar-refractivity contribution in [3.05, 3.63) is 0 Å². The number of hydrogen-bond donors (Lipinski definition) is 2. The summed E-state index contributed by atoms with van der Waals surface area (Å²) in [5.41, 5.74) is 5.73. The minimum absolute atomic E-state index is 0.111. The second-order valence-electron chi connectivity index (χ2n) is 5.95. The van der Waals surface area contributed by atoms with Gasteiger partial charge in [-0.05, 0) is 32.6 Å². The Morgan fingerprint density at radius 2 is 1.68 bits per heavy atom. The molecule has 3 unspecified atom stereocenters. The Hall–Kier alpha value is -0.570. The van der Waals surface area contributed by atoms with Crippen LogP contribution in [0.25, 0.3) is 0 Å². The van der Waals surface area contributed by atoms with Gasteiger partial charge < -0.3 is 11.1 Å². The van der Waals surface area contributed by atoms with E-state index in [0.29, 0.717) is 6.04 Å². The fraction of sp³-hybridized carbons (Fsp3) is 0.938. The van der Waals surface area contributed by atoms with Gasteiger partial charge in [0.15, 0.2) is 0 Å². The molecule has 0 aliphatic heterocycles. The first-order valence-corrected chi connectivity index (χ1v) is 8.07.